The number of para-hydroxylation sites is 1. The number of esters is 1. The predicted octanol–water partition coefficient (Wildman–Crippen LogP) is 1.92. The van der Waals surface area contributed by atoms with E-state index in [0.717, 1.165) is 11.3 Å². The first-order valence-electron chi connectivity index (χ1n) is 8.54. The van der Waals surface area contributed by atoms with Gasteiger partial charge in [0.1, 0.15) is 23.9 Å². The zero-order valence-corrected chi connectivity index (χ0v) is 17.6. The monoisotopic (exact) mass is 452 g/mol. The summed E-state index contributed by atoms with van der Waals surface area (Å²) in [6.07, 6.45) is 0. The van der Waals surface area contributed by atoms with Gasteiger partial charge in [0.15, 0.2) is 14.6 Å². The third kappa shape index (κ3) is 4.57. The summed E-state index contributed by atoms with van der Waals surface area (Å²) in [5.41, 5.74) is 0.0810. The summed E-state index contributed by atoms with van der Waals surface area (Å²) in [5.74, 6) is -2.63. The van der Waals surface area contributed by atoms with Crippen molar-refractivity contribution < 1.29 is 31.9 Å². The quantitative estimate of drug-likeness (QED) is 0.530. The third-order valence-corrected chi connectivity index (χ3v) is 6.78. The number of hydrogen-bond donors (Lipinski definition) is 0. The lowest BCUT2D eigenvalue weighted by Crippen LogP contribution is -2.24. The SMILES string of the molecule is COC(=O)Cn1c(=NC(=O)CS(=O)(=O)c2ccc(OC)cc2)sc2cccc(F)c21. The van der Waals surface area contributed by atoms with Crippen molar-refractivity contribution in [3.05, 3.63) is 53.1 Å². The van der Waals surface area contributed by atoms with Crippen LogP contribution in [0.5, 0.6) is 5.75 Å². The van der Waals surface area contributed by atoms with Crippen molar-refractivity contribution in [1.82, 2.24) is 4.57 Å². The molecule has 11 heteroatoms. The van der Waals surface area contributed by atoms with Gasteiger partial charge in [-0.25, -0.2) is 12.8 Å². The second kappa shape index (κ2) is 8.76. The number of ether oxygens (including phenoxy) is 2. The van der Waals surface area contributed by atoms with Gasteiger partial charge in [-0.1, -0.05) is 17.4 Å². The minimum atomic E-state index is -3.95. The van der Waals surface area contributed by atoms with Crippen molar-refractivity contribution in [3.8, 4) is 5.75 Å². The van der Waals surface area contributed by atoms with Gasteiger partial charge in [-0.05, 0) is 36.4 Å². The van der Waals surface area contributed by atoms with Crippen molar-refractivity contribution in [3.63, 3.8) is 0 Å². The van der Waals surface area contributed by atoms with Gasteiger partial charge in [0.25, 0.3) is 5.91 Å². The number of thiazole rings is 1. The highest BCUT2D eigenvalue weighted by Crippen LogP contribution is 2.21. The number of methoxy groups -OCH3 is 2. The molecule has 0 aliphatic rings. The summed E-state index contributed by atoms with van der Waals surface area (Å²) in [7, 11) is -1.33. The first kappa shape index (κ1) is 21.7. The van der Waals surface area contributed by atoms with E-state index in [-0.39, 0.29) is 21.8 Å². The molecule has 3 aromatic rings. The van der Waals surface area contributed by atoms with Crippen LogP contribution >= 0.6 is 11.3 Å². The summed E-state index contributed by atoms with van der Waals surface area (Å²) in [6.45, 7) is -0.380. The number of aromatic nitrogens is 1. The number of rotatable bonds is 6. The molecular weight excluding hydrogens is 435 g/mol. The molecule has 1 aromatic heterocycles. The van der Waals surface area contributed by atoms with Crippen LogP contribution in [0.3, 0.4) is 0 Å². The van der Waals surface area contributed by atoms with Crippen molar-refractivity contribution in [1.29, 1.82) is 0 Å². The maximum atomic E-state index is 14.3. The van der Waals surface area contributed by atoms with Crippen LogP contribution in [0.2, 0.25) is 0 Å². The number of amides is 1. The average Bonchev–Trinajstić information content (AvgIpc) is 3.05. The number of sulfone groups is 1. The molecule has 0 radical (unpaired) electrons. The number of fused-ring (bicyclic) bond motifs is 1. The Bertz CT molecular complexity index is 1280. The number of nitrogens with zero attached hydrogens (tertiary/aromatic N) is 2. The van der Waals surface area contributed by atoms with Crippen LogP contribution in [0.4, 0.5) is 4.39 Å². The smallest absolute Gasteiger partial charge is 0.325 e. The Hall–Kier alpha value is -3.05. The van der Waals surface area contributed by atoms with Crippen molar-refractivity contribution in [2.75, 3.05) is 20.0 Å². The van der Waals surface area contributed by atoms with Crippen LogP contribution in [0, 0.1) is 5.82 Å². The molecule has 0 bridgehead atoms. The van der Waals surface area contributed by atoms with E-state index < -0.39 is 33.3 Å². The normalized spacial score (nSPS) is 12.2. The fraction of sp³-hybridized carbons (Fsp3) is 0.211. The Balaban J connectivity index is 1.99. The standard InChI is InChI=1S/C19H17FN2O6S2/c1-27-12-6-8-13(9-7-12)30(25,26)11-16(23)21-19-22(10-17(24)28-2)18-14(20)4-3-5-15(18)29-19/h3-9H,10-11H2,1-2H3. The summed E-state index contributed by atoms with van der Waals surface area (Å²) < 4.78 is 50.6. The molecule has 0 atom stereocenters. The Morgan fingerprint density at radius 3 is 2.47 bits per heavy atom. The molecule has 0 spiro atoms. The van der Waals surface area contributed by atoms with E-state index in [0.29, 0.717) is 10.4 Å². The zero-order chi connectivity index (χ0) is 21.9. The van der Waals surface area contributed by atoms with E-state index >= 15 is 0 Å². The molecule has 8 nitrogen and oxygen atoms in total. The Morgan fingerprint density at radius 2 is 1.83 bits per heavy atom. The Labute approximate surface area is 175 Å². The molecular formula is C19H17FN2O6S2. The summed E-state index contributed by atoms with van der Waals surface area (Å²) in [5, 5.41) is 0. The molecule has 1 amide bonds. The molecule has 30 heavy (non-hydrogen) atoms. The molecule has 0 unspecified atom stereocenters. The van der Waals surface area contributed by atoms with Crippen molar-refractivity contribution >= 4 is 43.3 Å². The van der Waals surface area contributed by atoms with Crippen LogP contribution in [0.25, 0.3) is 10.2 Å². The van der Waals surface area contributed by atoms with Gasteiger partial charge in [0.2, 0.25) is 0 Å². The minimum Gasteiger partial charge on any atom is -0.497 e. The second-order valence-electron chi connectivity index (χ2n) is 6.07. The zero-order valence-electron chi connectivity index (χ0n) is 16.0. The Morgan fingerprint density at radius 1 is 1.13 bits per heavy atom. The molecule has 158 valence electrons. The molecule has 1 heterocycles. The highest BCUT2D eigenvalue weighted by atomic mass is 32.2. The molecule has 0 aliphatic carbocycles. The molecule has 2 aromatic carbocycles. The van der Waals surface area contributed by atoms with Crippen LogP contribution < -0.4 is 9.54 Å². The lowest BCUT2D eigenvalue weighted by Gasteiger charge is -2.05. The topological polar surface area (TPSA) is 104 Å². The van der Waals surface area contributed by atoms with E-state index in [1.165, 1.54) is 55.2 Å². The van der Waals surface area contributed by atoms with Crippen LogP contribution in [-0.2, 0) is 30.7 Å². The molecule has 0 aliphatic heterocycles. The number of carbonyl (C=O) groups excluding carboxylic acids is 2. The van der Waals surface area contributed by atoms with Crippen molar-refractivity contribution in [2.45, 2.75) is 11.4 Å². The fourth-order valence-corrected chi connectivity index (χ4v) is 4.85. The Kier molecular flexibility index (Phi) is 6.32. The second-order valence-corrected chi connectivity index (χ2v) is 9.07. The van der Waals surface area contributed by atoms with Gasteiger partial charge < -0.3 is 14.0 Å². The van der Waals surface area contributed by atoms with Gasteiger partial charge >= 0.3 is 5.97 Å². The van der Waals surface area contributed by atoms with E-state index in [4.69, 9.17) is 4.74 Å². The van der Waals surface area contributed by atoms with Crippen molar-refractivity contribution in [2.24, 2.45) is 4.99 Å². The van der Waals surface area contributed by atoms with Gasteiger partial charge in [-0.2, -0.15) is 4.99 Å². The van der Waals surface area contributed by atoms with E-state index in [1.54, 1.807) is 6.07 Å². The largest absolute Gasteiger partial charge is 0.497 e. The average molecular weight is 452 g/mol. The predicted molar refractivity (Wildman–Crippen MR) is 107 cm³/mol. The third-order valence-electron chi connectivity index (χ3n) is 4.12. The fourth-order valence-electron chi connectivity index (χ4n) is 2.68. The number of halogens is 1. The molecule has 0 N–H and O–H groups in total. The van der Waals surface area contributed by atoms with E-state index in [9.17, 15) is 22.4 Å². The van der Waals surface area contributed by atoms with Gasteiger partial charge in [0, 0.05) is 0 Å². The van der Waals surface area contributed by atoms with Crippen LogP contribution in [0.15, 0.2) is 52.4 Å². The highest BCUT2D eigenvalue weighted by Gasteiger charge is 2.20. The van der Waals surface area contributed by atoms with Crippen LogP contribution in [-0.4, -0.2) is 44.8 Å². The highest BCUT2D eigenvalue weighted by molar-refractivity contribution is 7.92. The first-order chi connectivity index (χ1) is 14.2. The molecule has 0 fully saturated rings. The lowest BCUT2D eigenvalue weighted by molar-refractivity contribution is -0.141. The maximum Gasteiger partial charge on any atom is 0.325 e. The number of benzene rings is 2. The summed E-state index contributed by atoms with van der Waals surface area (Å²) in [6, 6.07) is 9.88. The van der Waals surface area contributed by atoms with Gasteiger partial charge in [0.05, 0.1) is 29.3 Å². The van der Waals surface area contributed by atoms with Gasteiger partial charge in [-0.15, -0.1) is 0 Å². The minimum absolute atomic E-state index is 0.00423. The summed E-state index contributed by atoms with van der Waals surface area (Å²) in [4.78, 5) is 27.9. The van der Waals surface area contributed by atoms with E-state index in [1.807, 2.05) is 0 Å². The summed E-state index contributed by atoms with van der Waals surface area (Å²) >= 11 is 0.962. The van der Waals surface area contributed by atoms with Gasteiger partial charge in [-0.3, -0.25) is 9.59 Å². The lowest BCUT2D eigenvalue weighted by atomic mass is 10.3. The maximum absolute atomic E-state index is 14.3. The number of carbonyl (C=O) groups is 2. The number of hydrogen-bond acceptors (Lipinski definition) is 7. The molecule has 0 saturated heterocycles. The van der Waals surface area contributed by atoms with Crippen LogP contribution in [0.1, 0.15) is 0 Å². The molecule has 0 saturated carbocycles. The first-order valence-corrected chi connectivity index (χ1v) is 11.0. The molecule has 3 rings (SSSR count). The van der Waals surface area contributed by atoms with E-state index in [2.05, 4.69) is 9.73 Å².